The van der Waals surface area contributed by atoms with Crippen molar-refractivity contribution in [3.8, 4) is 0 Å². The Labute approximate surface area is 127 Å². The third-order valence-corrected chi connectivity index (χ3v) is 3.59. The summed E-state index contributed by atoms with van der Waals surface area (Å²) in [7, 11) is 0. The molecule has 22 heavy (non-hydrogen) atoms. The van der Waals surface area contributed by atoms with Crippen LogP contribution >= 0.6 is 0 Å². The first-order valence-corrected chi connectivity index (χ1v) is 6.84. The van der Waals surface area contributed by atoms with Gasteiger partial charge in [-0.05, 0) is 42.8 Å². The van der Waals surface area contributed by atoms with E-state index >= 15 is 0 Å². The van der Waals surface area contributed by atoms with Crippen molar-refractivity contribution in [2.75, 3.05) is 10.6 Å². The van der Waals surface area contributed by atoms with Gasteiger partial charge < -0.3 is 16.4 Å². The Morgan fingerprint density at radius 3 is 2.59 bits per heavy atom. The van der Waals surface area contributed by atoms with E-state index < -0.39 is 5.91 Å². The second-order valence-electron chi connectivity index (χ2n) is 5.10. The van der Waals surface area contributed by atoms with Gasteiger partial charge >= 0.3 is 0 Å². The summed E-state index contributed by atoms with van der Waals surface area (Å²) in [4.78, 5) is 23.1. The maximum absolute atomic E-state index is 12.1. The fourth-order valence-electron chi connectivity index (χ4n) is 2.46. The maximum Gasteiger partial charge on any atom is 0.257 e. The van der Waals surface area contributed by atoms with Gasteiger partial charge in [-0.1, -0.05) is 12.1 Å². The lowest BCUT2D eigenvalue weighted by atomic mass is 10.0. The summed E-state index contributed by atoms with van der Waals surface area (Å²) in [5, 5.41) is 5.92. The van der Waals surface area contributed by atoms with Crippen LogP contribution in [-0.2, 0) is 4.79 Å². The van der Waals surface area contributed by atoms with Crippen LogP contribution in [0.15, 0.2) is 48.7 Å². The lowest BCUT2D eigenvalue weighted by Gasteiger charge is -2.05. The Kier molecular flexibility index (Phi) is 3.39. The molecule has 0 bridgehead atoms. The standard InChI is InChI=1S/C17H15N3O2/c1-10-3-2-4-14-15(10)13(17(22)20-14)9-19-12-7-5-11(6-8-12)16(18)21/h2-9,19H,1H3,(H2,18,21)(H,20,22)/b13-9-. The van der Waals surface area contributed by atoms with Crippen molar-refractivity contribution in [3.05, 3.63) is 65.4 Å². The van der Waals surface area contributed by atoms with E-state index in [4.69, 9.17) is 5.73 Å². The van der Waals surface area contributed by atoms with Crippen molar-refractivity contribution in [2.45, 2.75) is 6.92 Å². The van der Waals surface area contributed by atoms with Gasteiger partial charge in [-0.25, -0.2) is 0 Å². The Balaban J connectivity index is 1.87. The van der Waals surface area contributed by atoms with E-state index in [1.807, 2.05) is 25.1 Å². The number of hydrogen-bond donors (Lipinski definition) is 3. The summed E-state index contributed by atoms with van der Waals surface area (Å²) in [6.45, 7) is 1.97. The van der Waals surface area contributed by atoms with Crippen LogP contribution in [0, 0.1) is 6.92 Å². The highest BCUT2D eigenvalue weighted by atomic mass is 16.2. The average molecular weight is 293 g/mol. The molecule has 3 rings (SSSR count). The fraction of sp³-hybridized carbons (Fsp3) is 0.0588. The quantitative estimate of drug-likeness (QED) is 0.760. The molecular weight excluding hydrogens is 278 g/mol. The van der Waals surface area contributed by atoms with Gasteiger partial charge in [0, 0.05) is 28.7 Å². The average Bonchev–Trinajstić information content (AvgIpc) is 2.82. The monoisotopic (exact) mass is 293 g/mol. The molecule has 0 atom stereocenters. The molecular formula is C17H15N3O2. The highest BCUT2D eigenvalue weighted by Crippen LogP contribution is 2.34. The van der Waals surface area contributed by atoms with Crippen LogP contribution in [0.4, 0.5) is 11.4 Å². The molecule has 0 radical (unpaired) electrons. The van der Waals surface area contributed by atoms with Crippen molar-refractivity contribution in [1.29, 1.82) is 0 Å². The molecule has 1 aliphatic heterocycles. The lowest BCUT2D eigenvalue weighted by molar-refractivity contribution is -0.110. The highest BCUT2D eigenvalue weighted by Gasteiger charge is 2.25. The second-order valence-corrected chi connectivity index (χ2v) is 5.10. The molecule has 2 amide bonds. The summed E-state index contributed by atoms with van der Waals surface area (Å²) in [6.07, 6.45) is 1.67. The van der Waals surface area contributed by atoms with Crippen LogP contribution < -0.4 is 16.4 Å². The number of nitrogens with two attached hydrogens (primary N) is 1. The molecule has 0 saturated heterocycles. The Bertz CT molecular complexity index is 792. The number of rotatable bonds is 3. The van der Waals surface area contributed by atoms with Crippen molar-refractivity contribution in [3.63, 3.8) is 0 Å². The molecule has 0 fully saturated rings. The Hall–Kier alpha value is -3.08. The number of benzene rings is 2. The molecule has 5 heteroatoms. The molecule has 0 aromatic heterocycles. The van der Waals surface area contributed by atoms with E-state index in [1.54, 1.807) is 30.5 Å². The number of hydrogen-bond acceptors (Lipinski definition) is 3. The van der Waals surface area contributed by atoms with E-state index in [0.29, 0.717) is 11.1 Å². The minimum atomic E-state index is -0.468. The molecule has 2 aromatic rings. The SMILES string of the molecule is Cc1cccc2c1/C(=C/Nc1ccc(C(N)=O)cc1)C(=O)N2. The van der Waals surface area contributed by atoms with Gasteiger partial charge in [0.15, 0.2) is 0 Å². The number of anilines is 2. The van der Waals surface area contributed by atoms with Gasteiger partial charge in [0.05, 0.1) is 5.57 Å². The summed E-state index contributed by atoms with van der Waals surface area (Å²) in [6, 6.07) is 12.5. The van der Waals surface area contributed by atoms with E-state index in [0.717, 1.165) is 22.5 Å². The number of carbonyl (C=O) groups excluding carboxylic acids is 2. The molecule has 0 saturated carbocycles. The highest BCUT2D eigenvalue weighted by molar-refractivity contribution is 6.32. The van der Waals surface area contributed by atoms with Crippen LogP contribution in [-0.4, -0.2) is 11.8 Å². The molecule has 110 valence electrons. The molecule has 0 spiro atoms. The van der Waals surface area contributed by atoms with Gasteiger partial charge in [-0.15, -0.1) is 0 Å². The number of aryl methyl sites for hydroxylation is 1. The molecule has 1 heterocycles. The fourth-order valence-corrected chi connectivity index (χ4v) is 2.46. The second kappa shape index (κ2) is 5.37. The zero-order valence-electron chi connectivity index (χ0n) is 12.0. The first kappa shape index (κ1) is 13.9. The molecule has 1 aliphatic rings. The first-order valence-electron chi connectivity index (χ1n) is 6.84. The zero-order valence-corrected chi connectivity index (χ0v) is 12.0. The van der Waals surface area contributed by atoms with Crippen molar-refractivity contribution in [2.24, 2.45) is 5.73 Å². The topological polar surface area (TPSA) is 84.2 Å². The van der Waals surface area contributed by atoms with E-state index in [1.165, 1.54) is 0 Å². The largest absolute Gasteiger partial charge is 0.366 e. The van der Waals surface area contributed by atoms with Gasteiger partial charge in [0.25, 0.3) is 5.91 Å². The summed E-state index contributed by atoms with van der Waals surface area (Å²) in [5.41, 5.74) is 9.77. The van der Waals surface area contributed by atoms with Gasteiger partial charge in [-0.3, -0.25) is 9.59 Å². The van der Waals surface area contributed by atoms with Gasteiger partial charge in [-0.2, -0.15) is 0 Å². The van der Waals surface area contributed by atoms with E-state index in [9.17, 15) is 9.59 Å². The summed E-state index contributed by atoms with van der Waals surface area (Å²) in [5.74, 6) is -0.602. The predicted octanol–water partition coefficient (Wildman–Crippen LogP) is 2.50. The molecule has 2 aromatic carbocycles. The number of carbonyl (C=O) groups is 2. The van der Waals surface area contributed by atoms with Crippen LogP contribution in [0.2, 0.25) is 0 Å². The summed E-state index contributed by atoms with van der Waals surface area (Å²) < 4.78 is 0. The lowest BCUT2D eigenvalue weighted by Crippen LogP contribution is -2.10. The van der Waals surface area contributed by atoms with E-state index in [-0.39, 0.29) is 5.91 Å². The molecule has 0 unspecified atom stereocenters. The van der Waals surface area contributed by atoms with Crippen molar-refractivity contribution >= 4 is 28.8 Å². The third kappa shape index (κ3) is 2.44. The number of primary amides is 1. The smallest absolute Gasteiger partial charge is 0.257 e. The normalized spacial score (nSPS) is 14.6. The zero-order chi connectivity index (χ0) is 15.7. The third-order valence-electron chi connectivity index (χ3n) is 3.59. The van der Waals surface area contributed by atoms with Crippen LogP contribution in [0.25, 0.3) is 5.57 Å². The Morgan fingerprint density at radius 1 is 1.18 bits per heavy atom. The number of nitrogens with one attached hydrogen (secondary N) is 2. The van der Waals surface area contributed by atoms with E-state index in [2.05, 4.69) is 10.6 Å². The van der Waals surface area contributed by atoms with Gasteiger partial charge in [0.1, 0.15) is 0 Å². The van der Waals surface area contributed by atoms with Crippen LogP contribution in [0.1, 0.15) is 21.5 Å². The minimum absolute atomic E-state index is 0.134. The Morgan fingerprint density at radius 2 is 1.91 bits per heavy atom. The number of fused-ring (bicyclic) bond motifs is 1. The number of amides is 2. The first-order chi connectivity index (χ1) is 10.6. The molecule has 4 N–H and O–H groups in total. The maximum atomic E-state index is 12.1. The minimum Gasteiger partial charge on any atom is -0.366 e. The predicted molar refractivity (Wildman–Crippen MR) is 86.4 cm³/mol. The van der Waals surface area contributed by atoms with Crippen molar-refractivity contribution < 1.29 is 9.59 Å². The van der Waals surface area contributed by atoms with Crippen LogP contribution in [0.3, 0.4) is 0 Å². The molecule has 0 aliphatic carbocycles. The van der Waals surface area contributed by atoms with Crippen LogP contribution in [0.5, 0.6) is 0 Å². The van der Waals surface area contributed by atoms with Gasteiger partial charge in [0.2, 0.25) is 5.91 Å². The summed E-state index contributed by atoms with van der Waals surface area (Å²) >= 11 is 0. The molecule has 5 nitrogen and oxygen atoms in total. The van der Waals surface area contributed by atoms with Crippen molar-refractivity contribution in [1.82, 2.24) is 0 Å².